The molecule has 0 saturated heterocycles. The van der Waals surface area contributed by atoms with Crippen LogP contribution in [-0.2, 0) is 12.8 Å². The van der Waals surface area contributed by atoms with Crippen LogP contribution < -0.4 is 9.47 Å². The van der Waals surface area contributed by atoms with Crippen LogP contribution in [0.1, 0.15) is 24.4 Å². The number of nitrogens with zero attached hydrogens (tertiary/aromatic N) is 4. The largest absolute Gasteiger partial charge is 0.497 e. The number of aromatic nitrogens is 3. The summed E-state index contributed by atoms with van der Waals surface area (Å²) >= 11 is 1.51. The van der Waals surface area contributed by atoms with Crippen molar-refractivity contribution >= 4 is 17.4 Å². The van der Waals surface area contributed by atoms with Crippen LogP contribution in [0.3, 0.4) is 0 Å². The molecule has 2 aromatic carbocycles. The average Bonchev–Trinajstić information content (AvgIpc) is 3.07. The van der Waals surface area contributed by atoms with Crippen LogP contribution in [0, 0.1) is 10.1 Å². The van der Waals surface area contributed by atoms with Gasteiger partial charge in [0.05, 0.1) is 12.0 Å². The maximum Gasteiger partial charge on any atom is 0.269 e. The molecule has 0 radical (unpaired) electrons. The van der Waals surface area contributed by atoms with Gasteiger partial charge in [0.2, 0.25) is 0 Å². The van der Waals surface area contributed by atoms with Crippen LogP contribution in [0.25, 0.3) is 0 Å². The molecule has 3 aromatic rings. The van der Waals surface area contributed by atoms with Crippen molar-refractivity contribution in [2.45, 2.75) is 23.9 Å². The maximum atomic E-state index is 10.7. The Bertz CT molecular complexity index is 959. The Hall–Kier alpha value is -3.07. The minimum atomic E-state index is -0.407. The molecule has 146 valence electrons. The van der Waals surface area contributed by atoms with Crippen LogP contribution in [0.4, 0.5) is 5.69 Å². The van der Waals surface area contributed by atoms with Crippen molar-refractivity contribution in [3.63, 3.8) is 0 Å². The topological polar surface area (TPSA) is 92.3 Å². The van der Waals surface area contributed by atoms with E-state index in [-0.39, 0.29) is 11.8 Å². The number of benzene rings is 2. The van der Waals surface area contributed by atoms with E-state index in [9.17, 15) is 10.1 Å². The molecular weight excluding hydrogens is 380 g/mol. The van der Waals surface area contributed by atoms with Gasteiger partial charge in [-0.1, -0.05) is 30.0 Å². The van der Waals surface area contributed by atoms with Gasteiger partial charge in [-0.05, 0) is 24.6 Å². The Morgan fingerprint density at radius 2 is 1.89 bits per heavy atom. The van der Waals surface area contributed by atoms with Gasteiger partial charge in [-0.2, -0.15) is 0 Å². The summed E-state index contributed by atoms with van der Waals surface area (Å²) in [6.07, 6.45) is -0.293. The monoisotopic (exact) mass is 400 g/mol. The second-order valence-electron chi connectivity index (χ2n) is 6.05. The number of nitro benzene ring substituents is 1. The number of rotatable bonds is 8. The summed E-state index contributed by atoms with van der Waals surface area (Å²) in [4.78, 5) is 10.3. The van der Waals surface area contributed by atoms with Crippen LogP contribution in [0.2, 0.25) is 0 Å². The van der Waals surface area contributed by atoms with E-state index in [0.717, 1.165) is 16.5 Å². The Morgan fingerprint density at radius 1 is 1.18 bits per heavy atom. The SMILES string of the molecule is COc1cccc(OC(C)c2nnc(SCc3ccc([N+](=O)[O-])cc3)n2C)c1. The molecule has 1 unspecified atom stereocenters. The van der Waals surface area contributed by atoms with Crippen molar-refractivity contribution in [2.75, 3.05) is 7.11 Å². The Morgan fingerprint density at radius 3 is 2.57 bits per heavy atom. The molecule has 0 aliphatic heterocycles. The lowest BCUT2D eigenvalue weighted by Gasteiger charge is -2.14. The lowest BCUT2D eigenvalue weighted by Crippen LogP contribution is -2.10. The normalized spacial score (nSPS) is 11.8. The molecule has 9 heteroatoms. The molecule has 0 fully saturated rings. The van der Waals surface area contributed by atoms with Crippen molar-refractivity contribution in [3.05, 3.63) is 70.0 Å². The molecule has 0 bridgehead atoms. The molecule has 0 saturated carbocycles. The Labute approximate surface area is 166 Å². The fourth-order valence-corrected chi connectivity index (χ4v) is 3.47. The highest BCUT2D eigenvalue weighted by molar-refractivity contribution is 7.98. The van der Waals surface area contributed by atoms with E-state index in [0.29, 0.717) is 17.3 Å². The van der Waals surface area contributed by atoms with E-state index in [2.05, 4.69) is 10.2 Å². The van der Waals surface area contributed by atoms with Crippen LogP contribution in [-0.4, -0.2) is 26.8 Å². The molecule has 3 rings (SSSR count). The molecule has 1 aromatic heterocycles. The summed E-state index contributed by atoms with van der Waals surface area (Å²) in [6.45, 7) is 1.91. The van der Waals surface area contributed by atoms with Gasteiger partial charge in [0.25, 0.3) is 5.69 Å². The first-order chi connectivity index (χ1) is 13.5. The molecule has 0 N–H and O–H groups in total. The third-order valence-corrected chi connectivity index (χ3v) is 5.19. The molecule has 1 atom stereocenters. The molecule has 0 spiro atoms. The fraction of sp³-hybridized carbons (Fsp3) is 0.263. The first-order valence-electron chi connectivity index (χ1n) is 8.54. The number of methoxy groups -OCH3 is 1. The predicted molar refractivity (Wildman–Crippen MR) is 106 cm³/mol. The zero-order valence-electron chi connectivity index (χ0n) is 15.7. The predicted octanol–water partition coefficient (Wildman–Crippen LogP) is 4.16. The average molecular weight is 400 g/mol. The first-order valence-corrected chi connectivity index (χ1v) is 9.52. The zero-order valence-corrected chi connectivity index (χ0v) is 16.5. The second-order valence-corrected chi connectivity index (χ2v) is 6.99. The molecular formula is C19H20N4O4S. The molecule has 28 heavy (non-hydrogen) atoms. The summed E-state index contributed by atoms with van der Waals surface area (Å²) in [7, 11) is 3.50. The molecule has 8 nitrogen and oxygen atoms in total. The third kappa shape index (κ3) is 4.61. The van der Waals surface area contributed by atoms with E-state index >= 15 is 0 Å². The standard InChI is InChI=1S/C19H20N4O4S/c1-13(27-17-6-4-5-16(11-17)26-3)18-20-21-19(22(18)2)28-12-14-7-9-15(10-8-14)23(24)25/h4-11,13H,12H2,1-3H3. The summed E-state index contributed by atoms with van der Waals surface area (Å²) in [5.74, 6) is 2.75. The van der Waals surface area contributed by atoms with Crippen molar-refractivity contribution in [2.24, 2.45) is 7.05 Å². The highest BCUT2D eigenvalue weighted by Gasteiger charge is 2.17. The van der Waals surface area contributed by atoms with Gasteiger partial charge in [-0.15, -0.1) is 10.2 Å². The fourth-order valence-electron chi connectivity index (χ4n) is 2.60. The number of ether oxygens (including phenoxy) is 2. The summed E-state index contributed by atoms with van der Waals surface area (Å²) in [6, 6.07) is 13.9. The summed E-state index contributed by atoms with van der Waals surface area (Å²) in [5, 5.41) is 20.0. The van der Waals surface area contributed by atoms with Crippen LogP contribution in [0.15, 0.2) is 53.7 Å². The van der Waals surface area contributed by atoms with Crippen LogP contribution >= 0.6 is 11.8 Å². The lowest BCUT2D eigenvalue weighted by molar-refractivity contribution is -0.384. The van der Waals surface area contributed by atoms with Crippen molar-refractivity contribution in [3.8, 4) is 11.5 Å². The van der Waals surface area contributed by atoms with Gasteiger partial charge in [0.15, 0.2) is 17.1 Å². The lowest BCUT2D eigenvalue weighted by atomic mass is 10.2. The number of thioether (sulfide) groups is 1. The van der Waals surface area contributed by atoms with Gasteiger partial charge < -0.3 is 14.0 Å². The Kier molecular flexibility index (Phi) is 6.15. The van der Waals surface area contributed by atoms with Crippen molar-refractivity contribution in [1.29, 1.82) is 0 Å². The molecule has 0 aliphatic rings. The van der Waals surface area contributed by atoms with E-state index in [1.165, 1.54) is 23.9 Å². The van der Waals surface area contributed by atoms with E-state index in [4.69, 9.17) is 9.47 Å². The number of non-ortho nitro benzene ring substituents is 1. The van der Waals surface area contributed by atoms with E-state index in [1.807, 2.05) is 42.8 Å². The van der Waals surface area contributed by atoms with E-state index in [1.54, 1.807) is 19.2 Å². The third-order valence-electron chi connectivity index (χ3n) is 4.10. The smallest absolute Gasteiger partial charge is 0.269 e. The Balaban J connectivity index is 1.64. The number of nitro groups is 1. The van der Waals surface area contributed by atoms with Gasteiger partial charge in [-0.25, -0.2) is 0 Å². The summed E-state index contributed by atoms with van der Waals surface area (Å²) < 4.78 is 13.1. The molecule has 1 heterocycles. The first kappa shape index (κ1) is 19.7. The van der Waals surface area contributed by atoms with Crippen molar-refractivity contribution in [1.82, 2.24) is 14.8 Å². The van der Waals surface area contributed by atoms with E-state index < -0.39 is 4.92 Å². The van der Waals surface area contributed by atoms with Crippen molar-refractivity contribution < 1.29 is 14.4 Å². The zero-order chi connectivity index (χ0) is 20.1. The molecule has 0 amide bonds. The van der Waals surface area contributed by atoms with Gasteiger partial charge in [0, 0.05) is 31.0 Å². The minimum absolute atomic E-state index is 0.0817. The van der Waals surface area contributed by atoms with Gasteiger partial charge in [-0.3, -0.25) is 10.1 Å². The second kappa shape index (κ2) is 8.75. The summed E-state index contributed by atoms with van der Waals surface area (Å²) in [5.41, 5.74) is 1.05. The number of hydrogen-bond donors (Lipinski definition) is 0. The highest BCUT2D eigenvalue weighted by Crippen LogP contribution is 2.27. The van der Waals surface area contributed by atoms with Gasteiger partial charge >= 0.3 is 0 Å². The number of hydrogen-bond acceptors (Lipinski definition) is 7. The van der Waals surface area contributed by atoms with Crippen LogP contribution in [0.5, 0.6) is 11.5 Å². The minimum Gasteiger partial charge on any atom is -0.497 e. The quantitative estimate of drug-likeness (QED) is 0.318. The highest BCUT2D eigenvalue weighted by atomic mass is 32.2. The molecule has 0 aliphatic carbocycles. The van der Waals surface area contributed by atoms with Gasteiger partial charge in [0.1, 0.15) is 11.5 Å². The maximum absolute atomic E-state index is 10.7.